The predicted octanol–water partition coefficient (Wildman–Crippen LogP) is 4.41. The van der Waals surface area contributed by atoms with Crippen molar-refractivity contribution in [3.05, 3.63) is 58.4 Å². The number of nitrogens with one attached hydrogen (secondary N) is 1. The van der Waals surface area contributed by atoms with Gasteiger partial charge in [-0.2, -0.15) is 0 Å². The summed E-state index contributed by atoms with van der Waals surface area (Å²) in [5.74, 6) is 0.430. The number of rotatable bonds is 4. The molecule has 0 aliphatic heterocycles. The highest BCUT2D eigenvalue weighted by Crippen LogP contribution is 2.22. The van der Waals surface area contributed by atoms with Gasteiger partial charge in [-0.05, 0) is 48.4 Å². The zero-order valence-electron chi connectivity index (χ0n) is 10.8. The second kappa shape index (κ2) is 5.93. The number of aryl methyl sites for hydroxylation is 1. The lowest BCUT2D eigenvalue weighted by atomic mass is 10.1. The summed E-state index contributed by atoms with van der Waals surface area (Å²) in [6.45, 7) is 2.59. The molecule has 1 N–H and O–H groups in total. The maximum absolute atomic E-state index is 13.0. The van der Waals surface area contributed by atoms with Crippen molar-refractivity contribution in [1.82, 2.24) is 0 Å². The third-order valence-corrected chi connectivity index (χ3v) is 3.19. The number of methoxy groups -OCH3 is 1. The van der Waals surface area contributed by atoms with Crippen LogP contribution in [0.3, 0.4) is 0 Å². The maximum atomic E-state index is 13.0. The molecule has 2 aromatic rings. The Kier molecular flexibility index (Phi) is 4.27. The molecule has 2 nitrogen and oxygen atoms in total. The van der Waals surface area contributed by atoms with Gasteiger partial charge in [-0.3, -0.25) is 0 Å². The Hall–Kier alpha value is -1.74. The Morgan fingerprint density at radius 3 is 2.63 bits per heavy atom. The zero-order chi connectivity index (χ0) is 13.8. The van der Waals surface area contributed by atoms with E-state index in [1.807, 2.05) is 25.1 Å². The van der Waals surface area contributed by atoms with Crippen LogP contribution >= 0.6 is 11.6 Å². The van der Waals surface area contributed by atoms with Gasteiger partial charge in [0.05, 0.1) is 12.1 Å². The minimum absolute atomic E-state index is 0.144. The Bertz CT molecular complexity index is 586. The summed E-state index contributed by atoms with van der Waals surface area (Å²) in [7, 11) is 1.64. The summed E-state index contributed by atoms with van der Waals surface area (Å²) in [6.07, 6.45) is 0. The van der Waals surface area contributed by atoms with E-state index >= 15 is 0 Å². The Morgan fingerprint density at radius 2 is 2.00 bits per heavy atom. The SMILES string of the molecule is COc1ccc(NCc2ccc(F)c(Cl)c2)c(C)c1. The van der Waals surface area contributed by atoms with E-state index in [1.54, 1.807) is 19.2 Å². The van der Waals surface area contributed by atoms with E-state index in [4.69, 9.17) is 16.3 Å². The molecule has 0 aliphatic rings. The maximum Gasteiger partial charge on any atom is 0.141 e. The van der Waals surface area contributed by atoms with Crippen molar-refractivity contribution < 1.29 is 9.13 Å². The molecule has 0 saturated carbocycles. The van der Waals surface area contributed by atoms with Crippen LogP contribution in [0.25, 0.3) is 0 Å². The minimum atomic E-state index is -0.397. The van der Waals surface area contributed by atoms with Crippen molar-refractivity contribution in [3.8, 4) is 5.75 Å². The Morgan fingerprint density at radius 1 is 1.21 bits per heavy atom. The highest BCUT2D eigenvalue weighted by Gasteiger charge is 2.03. The van der Waals surface area contributed by atoms with Gasteiger partial charge in [0.15, 0.2) is 0 Å². The summed E-state index contributed by atoms with van der Waals surface area (Å²) in [5.41, 5.74) is 3.04. The van der Waals surface area contributed by atoms with Crippen molar-refractivity contribution in [1.29, 1.82) is 0 Å². The zero-order valence-corrected chi connectivity index (χ0v) is 11.6. The third kappa shape index (κ3) is 3.38. The summed E-state index contributed by atoms with van der Waals surface area (Å²) in [4.78, 5) is 0. The quantitative estimate of drug-likeness (QED) is 0.895. The van der Waals surface area contributed by atoms with Crippen molar-refractivity contribution in [3.63, 3.8) is 0 Å². The third-order valence-electron chi connectivity index (χ3n) is 2.90. The van der Waals surface area contributed by atoms with Crippen LogP contribution < -0.4 is 10.1 Å². The Balaban J connectivity index is 2.07. The largest absolute Gasteiger partial charge is 0.497 e. The molecule has 2 aromatic carbocycles. The normalized spacial score (nSPS) is 10.3. The fraction of sp³-hybridized carbons (Fsp3) is 0.200. The molecule has 0 aromatic heterocycles. The van der Waals surface area contributed by atoms with Crippen LogP contribution in [0.5, 0.6) is 5.75 Å². The summed E-state index contributed by atoms with van der Waals surface area (Å²) < 4.78 is 18.2. The van der Waals surface area contributed by atoms with E-state index < -0.39 is 5.82 Å². The van der Waals surface area contributed by atoms with Crippen LogP contribution in [0, 0.1) is 12.7 Å². The van der Waals surface area contributed by atoms with Crippen LogP contribution in [0.4, 0.5) is 10.1 Å². The van der Waals surface area contributed by atoms with E-state index in [0.29, 0.717) is 6.54 Å². The van der Waals surface area contributed by atoms with Crippen LogP contribution in [0.15, 0.2) is 36.4 Å². The lowest BCUT2D eigenvalue weighted by Gasteiger charge is -2.11. The summed E-state index contributed by atoms with van der Waals surface area (Å²) in [5, 5.41) is 3.43. The lowest BCUT2D eigenvalue weighted by Crippen LogP contribution is -2.01. The van der Waals surface area contributed by atoms with Gasteiger partial charge in [-0.25, -0.2) is 4.39 Å². The van der Waals surface area contributed by atoms with Gasteiger partial charge in [0.2, 0.25) is 0 Å². The minimum Gasteiger partial charge on any atom is -0.497 e. The van der Waals surface area contributed by atoms with Gasteiger partial charge in [0, 0.05) is 12.2 Å². The second-order valence-electron chi connectivity index (χ2n) is 4.28. The number of ether oxygens (including phenoxy) is 1. The standard InChI is InChI=1S/C15H15ClFNO/c1-10-7-12(19-2)4-6-15(10)18-9-11-3-5-14(17)13(16)8-11/h3-8,18H,9H2,1-2H3. The van der Waals surface area contributed by atoms with E-state index in [1.165, 1.54) is 6.07 Å². The highest BCUT2D eigenvalue weighted by atomic mass is 35.5. The molecule has 0 bridgehead atoms. The number of anilines is 1. The molecule has 0 radical (unpaired) electrons. The van der Waals surface area contributed by atoms with Crippen LogP contribution in [-0.4, -0.2) is 7.11 Å². The van der Waals surface area contributed by atoms with E-state index in [9.17, 15) is 4.39 Å². The van der Waals surface area contributed by atoms with Crippen LogP contribution in [-0.2, 0) is 6.54 Å². The van der Waals surface area contributed by atoms with E-state index in [2.05, 4.69) is 5.32 Å². The van der Waals surface area contributed by atoms with Crippen molar-refractivity contribution in [2.45, 2.75) is 13.5 Å². The molecule has 19 heavy (non-hydrogen) atoms. The molecular formula is C15H15ClFNO. The van der Waals surface area contributed by atoms with Crippen LogP contribution in [0.2, 0.25) is 5.02 Å². The van der Waals surface area contributed by atoms with Crippen molar-refractivity contribution in [2.75, 3.05) is 12.4 Å². The van der Waals surface area contributed by atoms with Gasteiger partial charge in [0.25, 0.3) is 0 Å². The van der Waals surface area contributed by atoms with Gasteiger partial charge in [0.1, 0.15) is 11.6 Å². The fourth-order valence-corrected chi connectivity index (χ4v) is 2.01. The Labute approximate surface area is 117 Å². The number of halogens is 2. The molecule has 0 saturated heterocycles. The first-order chi connectivity index (χ1) is 9.10. The molecule has 0 heterocycles. The molecule has 0 fully saturated rings. The van der Waals surface area contributed by atoms with E-state index in [-0.39, 0.29) is 5.02 Å². The number of hydrogen-bond acceptors (Lipinski definition) is 2. The molecule has 100 valence electrons. The average Bonchev–Trinajstić information content (AvgIpc) is 2.41. The van der Waals surface area contributed by atoms with Crippen LogP contribution in [0.1, 0.15) is 11.1 Å². The fourth-order valence-electron chi connectivity index (χ4n) is 1.81. The highest BCUT2D eigenvalue weighted by molar-refractivity contribution is 6.30. The molecular weight excluding hydrogens is 265 g/mol. The average molecular weight is 280 g/mol. The molecule has 0 atom stereocenters. The number of hydrogen-bond donors (Lipinski definition) is 1. The molecule has 4 heteroatoms. The predicted molar refractivity (Wildman–Crippen MR) is 76.5 cm³/mol. The topological polar surface area (TPSA) is 21.3 Å². The van der Waals surface area contributed by atoms with Gasteiger partial charge >= 0.3 is 0 Å². The van der Waals surface area contributed by atoms with Crippen molar-refractivity contribution in [2.24, 2.45) is 0 Å². The molecule has 0 amide bonds. The number of benzene rings is 2. The monoisotopic (exact) mass is 279 g/mol. The second-order valence-corrected chi connectivity index (χ2v) is 4.69. The smallest absolute Gasteiger partial charge is 0.141 e. The first-order valence-electron chi connectivity index (χ1n) is 5.92. The molecule has 2 rings (SSSR count). The van der Waals surface area contributed by atoms with E-state index in [0.717, 1.165) is 22.6 Å². The first kappa shape index (κ1) is 13.7. The lowest BCUT2D eigenvalue weighted by molar-refractivity contribution is 0.414. The van der Waals surface area contributed by atoms with Gasteiger partial charge < -0.3 is 10.1 Å². The summed E-state index contributed by atoms with van der Waals surface area (Å²) in [6, 6.07) is 10.5. The molecule has 0 aliphatic carbocycles. The molecule has 0 spiro atoms. The first-order valence-corrected chi connectivity index (χ1v) is 6.30. The van der Waals surface area contributed by atoms with Crippen molar-refractivity contribution >= 4 is 17.3 Å². The summed E-state index contributed by atoms with van der Waals surface area (Å²) >= 11 is 5.75. The van der Waals surface area contributed by atoms with Gasteiger partial charge in [-0.15, -0.1) is 0 Å². The van der Waals surface area contributed by atoms with Gasteiger partial charge in [-0.1, -0.05) is 17.7 Å². The molecule has 0 unspecified atom stereocenters.